The summed E-state index contributed by atoms with van der Waals surface area (Å²) in [4.78, 5) is 24.0. The van der Waals surface area contributed by atoms with Crippen molar-refractivity contribution in [1.82, 2.24) is 15.3 Å². The zero-order chi connectivity index (χ0) is 18.4. The Kier molecular flexibility index (Phi) is 4.61. The molecule has 0 bridgehead atoms. The molecule has 0 unspecified atom stereocenters. The number of fused-ring (bicyclic) bond motifs is 2. The number of rotatable bonds is 3. The van der Waals surface area contributed by atoms with Gasteiger partial charge in [-0.15, -0.1) is 0 Å². The molecular weight excluding hydrogens is 332 g/mol. The van der Waals surface area contributed by atoms with Gasteiger partial charge in [-0.05, 0) is 37.0 Å². The molecule has 4 rings (SSSR count). The Labute approximate surface area is 153 Å². The monoisotopic (exact) mass is 360 g/mol. The molecule has 0 spiro atoms. The predicted molar refractivity (Wildman–Crippen MR) is 97.1 cm³/mol. The fourth-order valence-corrected chi connectivity index (χ4v) is 4.62. The van der Waals surface area contributed by atoms with Gasteiger partial charge in [0.15, 0.2) is 0 Å². The zero-order valence-corrected chi connectivity index (χ0v) is 15.5. The standard InChI is InChI=1S/C19H28N4O3/c1-10(2)5-16-21-17-13(3-4-20-19(17)26)18(22-16)23-8-11-6-14(24)15(25)7-12(11)9-23/h10-12,14-15,24-25H,3-9H2,1-2H3,(H,20,26)/t11-,12+,14+,15-. The molecule has 1 aromatic heterocycles. The minimum atomic E-state index is -0.627. The molecule has 4 atom stereocenters. The first-order valence-electron chi connectivity index (χ1n) is 9.71. The third-order valence-corrected chi connectivity index (χ3v) is 5.91. The molecule has 3 aliphatic rings. The highest BCUT2D eigenvalue weighted by Crippen LogP contribution is 2.39. The first-order valence-corrected chi connectivity index (χ1v) is 9.71. The van der Waals surface area contributed by atoms with E-state index in [0.29, 0.717) is 42.8 Å². The molecule has 1 saturated carbocycles. The number of nitrogens with one attached hydrogen (secondary N) is 1. The van der Waals surface area contributed by atoms with Crippen LogP contribution >= 0.6 is 0 Å². The summed E-state index contributed by atoms with van der Waals surface area (Å²) >= 11 is 0. The Balaban J connectivity index is 1.67. The molecule has 1 aromatic rings. The number of aliphatic hydroxyl groups is 2. The summed E-state index contributed by atoms with van der Waals surface area (Å²) in [5, 5.41) is 22.9. The minimum Gasteiger partial charge on any atom is -0.390 e. The second-order valence-electron chi connectivity index (χ2n) is 8.43. The van der Waals surface area contributed by atoms with Gasteiger partial charge in [0.25, 0.3) is 5.91 Å². The molecule has 142 valence electrons. The quantitative estimate of drug-likeness (QED) is 0.727. The molecule has 2 aliphatic heterocycles. The fraction of sp³-hybridized carbons (Fsp3) is 0.737. The lowest BCUT2D eigenvalue weighted by Crippen LogP contribution is -2.38. The number of anilines is 1. The second kappa shape index (κ2) is 6.78. The molecule has 7 heteroatoms. The Morgan fingerprint density at radius 2 is 1.81 bits per heavy atom. The van der Waals surface area contributed by atoms with Crippen molar-refractivity contribution in [3.05, 3.63) is 17.1 Å². The van der Waals surface area contributed by atoms with Gasteiger partial charge in [0.2, 0.25) is 0 Å². The largest absolute Gasteiger partial charge is 0.390 e. The van der Waals surface area contributed by atoms with E-state index < -0.39 is 12.2 Å². The van der Waals surface area contributed by atoms with Crippen molar-refractivity contribution in [2.75, 3.05) is 24.5 Å². The van der Waals surface area contributed by atoms with Crippen LogP contribution in [0.2, 0.25) is 0 Å². The summed E-state index contributed by atoms with van der Waals surface area (Å²) in [6, 6.07) is 0. The zero-order valence-electron chi connectivity index (χ0n) is 15.5. The van der Waals surface area contributed by atoms with Gasteiger partial charge in [-0.2, -0.15) is 0 Å². The summed E-state index contributed by atoms with van der Waals surface area (Å²) < 4.78 is 0. The van der Waals surface area contributed by atoms with Crippen LogP contribution in [0.3, 0.4) is 0 Å². The third kappa shape index (κ3) is 3.18. The highest BCUT2D eigenvalue weighted by atomic mass is 16.3. The Hall–Kier alpha value is -1.73. The van der Waals surface area contributed by atoms with E-state index in [2.05, 4.69) is 29.0 Å². The number of aromatic nitrogens is 2. The lowest BCUT2D eigenvalue weighted by molar-refractivity contribution is -0.0372. The summed E-state index contributed by atoms with van der Waals surface area (Å²) in [5.74, 6) is 2.65. The van der Waals surface area contributed by atoms with E-state index in [1.165, 1.54) is 0 Å². The Morgan fingerprint density at radius 3 is 2.42 bits per heavy atom. The van der Waals surface area contributed by atoms with Gasteiger partial charge >= 0.3 is 0 Å². The number of carbonyl (C=O) groups is 1. The van der Waals surface area contributed by atoms with E-state index >= 15 is 0 Å². The molecule has 1 saturated heterocycles. The summed E-state index contributed by atoms with van der Waals surface area (Å²) in [7, 11) is 0. The Bertz CT molecular complexity index is 690. The van der Waals surface area contributed by atoms with Gasteiger partial charge in [0.1, 0.15) is 17.3 Å². The summed E-state index contributed by atoms with van der Waals surface area (Å²) in [6.07, 6.45) is 1.50. The van der Waals surface area contributed by atoms with Gasteiger partial charge in [-0.25, -0.2) is 9.97 Å². The van der Waals surface area contributed by atoms with Crippen molar-refractivity contribution in [3.63, 3.8) is 0 Å². The first kappa shape index (κ1) is 17.7. The maximum atomic E-state index is 12.3. The average Bonchev–Trinajstić information content (AvgIpc) is 2.97. The predicted octanol–water partition coefficient (Wildman–Crippen LogP) is 0.529. The molecule has 0 radical (unpaired) electrons. The van der Waals surface area contributed by atoms with E-state index in [-0.39, 0.29) is 5.91 Å². The van der Waals surface area contributed by atoms with Crippen LogP contribution in [0.15, 0.2) is 0 Å². The molecule has 3 N–H and O–H groups in total. The lowest BCUT2D eigenvalue weighted by Gasteiger charge is -2.31. The fourth-order valence-electron chi connectivity index (χ4n) is 4.62. The van der Waals surface area contributed by atoms with Crippen LogP contribution in [0.4, 0.5) is 5.82 Å². The molecular formula is C19H28N4O3. The molecule has 1 aliphatic carbocycles. The molecule has 0 aromatic carbocycles. The Morgan fingerprint density at radius 1 is 1.15 bits per heavy atom. The normalized spacial score (nSPS) is 31.0. The van der Waals surface area contributed by atoms with E-state index in [4.69, 9.17) is 4.98 Å². The summed E-state index contributed by atoms with van der Waals surface area (Å²) in [5.41, 5.74) is 1.47. The van der Waals surface area contributed by atoms with Gasteiger partial charge in [0, 0.05) is 31.6 Å². The van der Waals surface area contributed by atoms with Crippen LogP contribution < -0.4 is 10.2 Å². The van der Waals surface area contributed by atoms with Crippen LogP contribution in [-0.4, -0.2) is 57.9 Å². The van der Waals surface area contributed by atoms with E-state index in [9.17, 15) is 15.0 Å². The SMILES string of the molecule is CC(C)Cc1nc2c(c(N3C[C@H]4C[C@H](O)[C@H](O)C[C@H]4C3)n1)CCNC2=O. The van der Waals surface area contributed by atoms with Crippen molar-refractivity contribution >= 4 is 11.7 Å². The van der Waals surface area contributed by atoms with Crippen molar-refractivity contribution < 1.29 is 15.0 Å². The molecule has 1 amide bonds. The van der Waals surface area contributed by atoms with Gasteiger partial charge in [-0.1, -0.05) is 13.8 Å². The maximum absolute atomic E-state index is 12.3. The van der Waals surface area contributed by atoms with Crippen molar-refractivity contribution in [3.8, 4) is 0 Å². The van der Waals surface area contributed by atoms with Crippen LogP contribution in [0.5, 0.6) is 0 Å². The highest BCUT2D eigenvalue weighted by molar-refractivity contribution is 5.96. The van der Waals surface area contributed by atoms with Gasteiger partial charge in [0.05, 0.1) is 12.2 Å². The number of hydrogen-bond acceptors (Lipinski definition) is 6. The van der Waals surface area contributed by atoms with Crippen LogP contribution in [0.25, 0.3) is 0 Å². The van der Waals surface area contributed by atoms with Crippen molar-refractivity contribution in [1.29, 1.82) is 0 Å². The average molecular weight is 360 g/mol. The topological polar surface area (TPSA) is 98.6 Å². The number of amides is 1. The third-order valence-electron chi connectivity index (χ3n) is 5.91. The smallest absolute Gasteiger partial charge is 0.270 e. The number of carbonyl (C=O) groups excluding carboxylic acids is 1. The first-order chi connectivity index (χ1) is 12.4. The van der Waals surface area contributed by atoms with Crippen molar-refractivity contribution in [2.45, 2.75) is 51.7 Å². The highest BCUT2D eigenvalue weighted by Gasteiger charge is 2.42. The minimum absolute atomic E-state index is 0.109. The lowest BCUT2D eigenvalue weighted by atomic mass is 9.79. The number of nitrogens with zero attached hydrogens (tertiary/aromatic N) is 3. The summed E-state index contributed by atoms with van der Waals surface area (Å²) in [6.45, 7) is 6.50. The maximum Gasteiger partial charge on any atom is 0.270 e. The van der Waals surface area contributed by atoms with E-state index in [0.717, 1.165) is 43.1 Å². The molecule has 26 heavy (non-hydrogen) atoms. The van der Waals surface area contributed by atoms with Crippen molar-refractivity contribution in [2.24, 2.45) is 17.8 Å². The number of aliphatic hydroxyl groups excluding tert-OH is 2. The number of hydrogen-bond donors (Lipinski definition) is 3. The van der Waals surface area contributed by atoms with Crippen LogP contribution in [0.1, 0.15) is 48.6 Å². The molecule has 7 nitrogen and oxygen atoms in total. The van der Waals surface area contributed by atoms with Gasteiger partial charge < -0.3 is 20.4 Å². The van der Waals surface area contributed by atoms with Gasteiger partial charge in [-0.3, -0.25) is 4.79 Å². The van der Waals surface area contributed by atoms with Crippen LogP contribution in [0, 0.1) is 17.8 Å². The molecule has 3 heterocycles. The second-order valence-corrected chi connectivity index (χ2v) is 8.43. The van der Waals surface area contributed by atoms with E-state index in [1.807, 2.05) is 0 Å². The van der Waals surface area contributed by atoms with E-state index in [1.54, 1.807) is 0 Å². The van der Waals surface area contributed by atoms with Crippen LogP contribution in [-0.2, 0) is 12.8 Å². The molecule has 2 fully saturated rings.